The second-order valence-corrected chi connectivity index (χ2v) is 5.53. The van der Waals surface area contributed by atoms with Crippen LogP contribution in [0.5, 0.6) is 0 Å². The van der Waals surface area contributed by atoms with Gasteiger partial charge in [-0.1, -0.05) is 32.0 Å². The molecule has 2 N–H and O–H groups in total. The van der Waals surface area contributed by atoms with Gasteiger partial charge in [-0.3, -0.25) is 4.79 Å². The second-order valence-electron chi connectivity index (χ2n) is 5.53. The highest BCUT2D eigenvalue weighted by molar-refractivity contribution is 5.82. The Morgan fingerprint density at radius 3 is 2.70 bits per heavy atom. The average molecular weight is 275 g/mol. The molecular weight excluding hydrogens is 254 g/mol. The molecule has 0 radical (unpaired) electrons. The van der Waals surface area contributed by atoms with Crippen LogP contribution in [0, 0.1) is 12.8 Å². The molecule has 4 nitrogen and oxygen atoms in total. The highest BCUT2D eigenvalue weighted by atomic mass is 16.4. The Morgan fingerprint density at radius 2 is 2.05 bits per heavy atom. The van der Waals surface area contributed by atoms with Gasteiger partial charge in [0.25, 0.3) is 0 Å². The molecule has 20 heavy (non-hydrogen) atoms. The number of rotatable bonds is 6. The van der Waals surface area contributed by atoms with Gasteiger partial charge in [0.15, 0.2) is 0 Å². The number of para-hydroxylation sites is 1. The van der Waals surface area contributed by atoms with Crippen molar-refractivity contribution in [3.63, 3.8) is 0 Å². The molecule has 0 bridgehead atoms. The zero-order valence-corrected chi connectivity index (χ0v) is 12.1. The lowest BCUT2D eigenvalue weighted by molar-refractivity contribution is -0.140. The van der Waals surface area contributed by atoms with Crippen molar-refractivity contribution in [3.05, 3.63) is 35.6 Å². The first kappa shape index (κ1) is 14.6. The Bertz CT molecular complexity index is 601. The van der Waals surface area contributed by atoms with Crippen molar-refractivity contribution in [2.24, 2.45) is 5.92 Å². The van der Waals surface area contributed by atoms with Crippen LogP contribution in [0.25, 0.3) is 11.0 Å². The van der Waals surface area contributed by atoms with Gasteiger partial charge in [-0.15, -0.1) is 0 Å². The van der Waals surface area contributed by atoms with Crippen LogP contribution in [-0.2, 0) is 11.3 Å². The summed E-state index contributed by atoms with van der Waals surface area (Å²) < 4.78 is 5.69. The Kier molecular flexibility index (Phi) is 4.45. The predicted molar refractivity (Wildman–Crippen MR) is 78.7 cm³/mol. The van der Waals surface area contributed by atoms with Crippen LogP contribution in [0.3, 0.4) is 0 Å². The summed E-state index contributed by atoms with van der Waals surface area (Å²) in [5.41, 5.74) is 1.88. The Hall–Kier alpha value is -1.81. The maximum Gasteiger partial charge on any atom is 0.320 e. The zero-order valence-electron chi connectivity index (χ0n) is 12.1. The molecule has 2 rings (SSSR count). The van der Waals surface area contributed by atoms with Gasteiger partial charge in [-0.25, -0.2) is 0 Å². The lowest BCUT2D eigenvalue weighted by Crippen LogP contribution is -2.37. The average Bonchev–Trinajstić information content (AvgIpc) is 2.69. The number of carbonyl (C=O) groups is 1. The van der Waals surface area contributed by atoms with Gasteiger partial charge in [0, 0.05) is 17.5 Å². The number of carboxylic acid groups (broad SMARTS) is 1. The van der Waals surface area contributed by atoms with Crippen LogP contribution in [0.1, 0.15) is 31.6 Å². The van der Waals surface area contributed by atoms with E-state index in [1.165, 1.54) is 0 Å². The van der Waals surface area contributed by atoms with Crippen LogP contribution >= 0.6 is 0 Å². The minimum Gasteiger partial charge on any atom is -0.480 e. The van der Waals surface area contributed by atoms with Crippen molar-refractivity contribution in [3.8, 4) is 0 Å². The van der Waals surface area contributed by atoms with Crippen LogP contribution in [0.2, 0.25) is 0 Å². The fourth-order valence-electron chi connectivity index (χ4n) is 2.41. The zero-order chi connectivity index (χ0) is 14.7. The van der Waals surface area contributed by atoms with E-state index in [-0.39, 0.29) is 0 Å². The van der Waals surface area contributed by atoms with E-state index in [4.69, 9.17) is 4.42 Å². The molecule has 0 aliphatic rings. The van der Waals surface area contributed by atoms with E-state index in [2.05, 4.69) is 5.32 Å². The molecule has 0 aliphatic carbocycles. The third kappa shape index (κ3) is 3.20. The van der Waals surface area contributed by atoms with E-state index in [1.54, 1.807) is 0 Å². The highest BCUT2D eigenvalue weighted by Crippen LogP contribution is 2.25. The second kappa shape index (κ2) is 6.09. The molecule has 2 aromatic rings. The van der Waals surface area contributed by atoms with E-state index < -0.39 is 12.0 Å². The molecule has 1 heterocycles. The van der Waals surface area contributed by atoms with Gasteiger partial charge in [-0.05, 0) is 25.3 Å². The number of fused-ring (bicyclic) bond motifs is 1. The van der Waals surface area contributed by atoms with Gasteiger partial charge in [0.1, 0.15) is 17.4 Å². The predicted octanol–water partition coefficient (Wildman–Crippen LogP) is 3.33. The van der Waals surface area contributed by atoms with Crippen LogP contribution < -0.4 is 5.32 Å². The molecule has 1 aromatic heterocycles. The van der Waals surface area contributed by atoms with Crippen LogP contribution in [-0.4, -0.2) is 17.1 Å². The summed E-state index contributed by atoms with van der Waals surface area (Å²) in [5, 5.41) is 13.4. The fraction of sp³-hybridized carbons (Fsp3) is 0.438. The Morgan fingerprint density at radius 1 is 1.35 bits per heavy atom. The molecule has 0 amide bonds. The van der Waals surface area contributed by atoms with E-state index in [0.717, 1.165) is 22.3 Å². The monoisotopic (exact) mass is 275 g/mol. The summed E-state index contributed by atoms with van der Waals surface area (Å²) in [6.45, 7) is 6.47. The number of aliphatic carboxylic acids is 1. The normalized spacial score (nSPS) is 13.0. The number of nitrogens with one attached hydrogen (secondary N) is 1. The minimum atomic E-state index is -0.802. The van der Waals surface area contributed by atoms with Gasteiger partial charge in [0.05, 0.1) is 0 Å². The standard InChI is InChI=1S/C16H21NO3/c1-10(2)8-14(16(18)19)17-9-13-11(3)20-15-7-5-4-6-12(13)15/h4-7,10,14,17H,8-9H2,1-3H3,(H,18,19)/t14-/m0/s1. The third-order valence-electron chi connectivity index (χ3n) is 3.43. The van der Waals surface area contributed by atoms with Crippen molar-refractivity contribution < 1.29 is 14.3 Å². The van der Waals surface area contributed by atoms with Gasteiger partial charge >= 0.3 is 5.97 Å². The molecule has 1 atom stereocenters. The van der Waals surface area contributed by atoms with Crippen molar-refractivity contribution in [1.82, 2.24) is 5.32 Å². The molecule has 0 unspecified atom stereocenters. The quantitative estimate of drug-likeness (QED) is 0.848. The number of furan rings is 1. The van der Waals surface area contributed by atoms with Gasteiger partial charge in [-0.2, -0.15) is 0 Å². The molecular formula is C16H21NO3. The number of aryl methyl sites for hydroxylation is 1. The molecule has 1 aromatic carbocycles. The molecule has 0 spiro atoms. The van der Waals surface area contributed by atoms with Gasteiger partial charge < -0.3 is 14.8 Å². The first-order valence-corrected chi connectivity index (χ1v) is 6.92. The van der Waals surface area contributed by atoms with Crippen molar-refractivity contribution in [2.45, 2.75) is 39.8 Å². The fourth-order valence-corrected chi connectivity index (χ4v) is 2.41. The largest absolute Gasteiger partial charge is 0.480 e. The van der Waals surface area contributed by atoms with Crippen LogP contribution in [0.15, 0.2) is 28.7 Å². The van der Waals surface area contributed by atoms with E-state index >= 15 is 0 Å². The summed E-state index contributed by atoms with van der Waals surface area (Å²) in [6.07, 6.45) is 0.615. The SMILES string of the molecule is Cc1oc2ccccc2c1CN[C@@H](CC(C)C)C(=O)O. The third-order valence-corrected chi connectivity index (χ3v) is 3.43. The number of hydrogen-bond donors (Lipinski definition) is 2. The topological polar surface area (TPSA) is 62.5 Å². The highest BCUT2D eigenvalue weighted by Gasteiger charge is 2.19. The minimum absolute atomic E-state index is 0.339. The van der Waals surface area contributed by atoms with E-state index in [0.29, 0.717) is 18.9 Å². The number of carboxylic acids is 1. The van der Waals surface area contributed by atoms with Gasteiger partial charge in [0.2, 0.25) is 0 Å². The summed E-state index contributed by atoms with van der Waals surface area (Å²) in [7, 11) is 0. The first-order valence-electron chi connectivity index (χ1n) is 6.92. The van der Waals surface area contributed by atoms with Crippen molar-refractivity contribution in [1.29, 1.82) is 0 Å². The first-order chi connectivity index (χ1) is 9.49. The maximum absolute atomic E-state index is 11.3. The lowest BCUT2D eigenvalue weighted by Gasteiger charge is -2.16. The lowest BCUT2D eigenvalue weighted by atomic mass is 10.0. The smallest absolute Gasteiger partial charge is 0.320 e. The summed E-state index contributed by atoms with van der Waals surface area (Å²) in [6, 6.07) is 7.30. The number of benzene rings is 1. The molecule has 4 heteroatoms. The summed E-state index contributed by atoms with van der Waals surface area (Å²) >= 11 is 0. The maximum atomic E-state index is 11.3. The van der Waals surface area contributed by atoms with E-state index in [9.17, 15) is 9.90 Å². The number of hydrogen-bond acceptors (Lipinski definition) is 3. The van der Waals surface area contributed by atoms with E-state index in [1.807, 2.05) is 45.0 Å². The summed E-state index contributed by atoms with van der Waals surface area (Å²) in [4.78, 5) is 11.3. The van der Waals surface area contributed by atoms with Crippen molar-refractivity contribution >= 4 is 16.9 Å². The van der Waals surface area contributed by atoms with Crippen LogP contribution in [0.4, 0.5) is 0 Å². The Balaban J connectivity index is 2.15. The Labute approximate surface area is 118 Å². The molecule has 0 fully saturated rings. The van der Waals surface area contributed by atoms with Crippen molar-refractivity contribution in [2.75, 3.05) is 0 Å². The molecule has 0 aliphatic heterocycles. The molecule has 0 saturated heterocycles. The molecule has 0 saturated carbocycles. The molecule has 108 valence electrons. The summed E-state index contributed by atoms with van der Waals surface area (Å²) in [5.74, 6) is 0.377.